The van der Waals surface area contributed by atoms with Crippen LogP contribution in [0.5, 0.6) is 0 Å². The van der Waals surface area contributed by atoms with Crippen LogP contribution in [-0.4, -0.2) is 30.0 Å². The predicted molar refractivity (Wildman–Crippen MR) is 75.7 cm³/mol. The third-order valence-electron chi connectivity index (χ3n) is 3.75. The zero-order valence-electron chi connectivity index (χ0n) is 11.8. The van der Waals surface area contributed by atoms with Gasteiger partial charge in [-0.3, -0.25) is 4.79 Å². The molecule has 0 spiro atoms. The molecule has 1 fully saturated rings. The molecule has 1 aromatic rings. The molecule has 0 N–H and O–H groups in total. The molecule has 1 unspecified atom stereocenters. The van der Waals surface area contributed by atoms with Crippen LogP contribution >= 0.6 is 0 Å². The molecule has 1 aromatic carbocycles. The highest BCUT2D eigenvalue weighted by atomic mass is 16.5. The Kier molecular flexibility index (Phi) is 4.97. The van der Waals surface area contributed by atoms with Gasteiger partial charge in [-0.2, -0.15) is 0 Å². The monoisotopic (exact) mass is 261 g/mol. The van der Waals surface area contributed by atoms with Crippen LogP contribution in [0.1, 0.15) is 32.3 Å². The van der Waals surface area contributed by atoms with Gasteiger partial charge in [-0.15, -0.1) is 0 Å². The first kappa shape index (κ1) is 14.1. The maximum absolute atomic E-state index is 11.8. The number of ether oxygens (including phenoxy) is 1. The third-order valence-corrected chi connectivity index (χ3v) is 3.75. The van der Waals surface area contributed by atoms with Crippen LogP contribution in [0.3, 0.4) is 0 Å². The molecule has 3 heteroatoms. The van der Waals surface area contributed by atoms with Crippen molar-refractivity contribution in [2.45, 2.75) is 39.3 Å². The summed E-state index contributed by atoms with van der Waals surface area (Å²) >= 11 is 0. The van der Waals surface area contributed by atoms with Gasteiger partial charge in [-0.25, -0.2) is 0 Å². The fourth-order valence-electron chi connectivity index (χ4n) is 2.53. The van der Waals surface area contributed by atoms with E-state index in [2.05, 4.69) is 18.7 Å². The molecule has 1 atom stereocenters. The van der Waals surface area contributed by atoms with Crippen molar-refractivity contribution in [3.63, 3.8) is 0 Å². The normalized spacial score (nSPS) is 19.8. The quantitative estimate of drug-likeness (QED) is 0.763. The average molecular weight is 261 g/mol. The van der Waals surface area contributed by atoms with Gasteiger partial charge in [0, 0.05) is 19.0 Å². The molecular weight excluding hydrogens is 238 g/mol. The fraction of sp³-hybridized carbons (Fsp3) is 0.562. The van der Waals surface area contributed by atoms with E-state index < -0.39 is 0 Å². The van der Waals surface area contributed by atoms with E-state index in [1.807, 2.05) is 30.3 Å². The summed E-state index contributed by atoms with van der Waals surface area (Å²) in [6.45, 7) is 6.93. The van der Waals surface area contributed by atoms with E-state index in [4.69, 9.17) is 4.74 Å². The van der Waals surface area contributed by atoms with Gasteiger partial charge in [0.1, 0.15) is 6.61 Å². The van der Waals surface area contributed by atoms with E-state index in [1.165, 1.54) is 0 Å². The van der Waals surface area contributed by atoms with Crippen LogP contribution in [0, 0.1) is 5.92 Å². The van der Waals surface area contributed by atoms with Gasteiger partial charge in [0.05, 0.1) is 0 Å². The summed E-state index contributed by atoms with van der Waals surface area (Å²) in [6, 6.07) is 10.4. The largest absolute Gasteiger partial charge is 0.461 e. The second-order valence-electron chi connectivity index (χ2n) is 5.59. The SMILES string of the molecule is CC(C)N1CCC(CC(=O)OCc2ccccc2)C1. The molecule has 1 heterocycles. The number of carbonyl (C=O) groups excluding carboxylic acids is 1. The van der Waals surface area contributed by atoms with Crippen molar-refractivity contribution in [1.29, 1.82) is 0 Å². The lowest BCUT2D eigenvalue weighted by molar-refractivity contribution is -0.146. The Morgan fingerprint density at radius 1 is 1.37 bits per heavy atom. The first-order valence-corrected chi connectivity index (χ1v) is 7.08. The van der Waals surface area contributed by atoms with Crippen LogP contribution in [-0.2, 0) is 16.1 Å². The molecule has 0 aromatic heterocycles. The summed E-state index contributed by atoms with van der Waals surface area (Å²) < 4.78 is 5.33. The first-order chi connectivity index (χ1) is 9.15. The van der Waals surface area contributed by atoms with Crippen molar-refractivity contribution in [2.24, 2.45) is 5.92 Å². The van der Waals surface area contributed by atoms with Gasteiger partial charge in [-0.05, 0) is 38.3 Å². The smallest absolute Gasteiger partial charge is 0.306 e. The Hall–Kier alpha value is -1.35. The number of likely N-dealkylation sites (tertiary alicyclic amines) is 1. The highest BCUT2D eigenvalue weighted by molar-refractivity contribution is 5.69. The average Bonchev–Trinajstić information content (AvgIpc) is 2.86. The third kappa shape index (κ3) is 4.35. The lowest BCUT2D eigenvalue weighted by Crippen LogP contribution is -2.28. The minimum absolute atomic E-state index is 0.0699. The summed E-state index contributed by atoms with van der Waals surface area (Å²) in [6.07, 6.45) is 1.66. The summed E-state index contributed by atoms with van der Waals surface area (Å²) in [5.74, 6) is 0.394. The molecule has 3 nitrogen and oxygen atoms in total. The van der Waals surface area contributed by atoms with Crippen molar-refractivity contribution in [3.8, 4) is 0 Å². The topological polar surface area (TPSA) is 29.5 Å². The molecular formula is C16H23NO2. The maximum atomic E-state index is 11.8. The Balaban J connectivity index is 1.71. The van der Waals surface area contributed by atoms with Gasteiger partial charge in [0.15, 0.2) is 0 Å². The Labute approximate surface area is 115 Å². The van der Waals surface area contributed by atoms with Crippen LogP contribution in [0.4, 0.5) is 0 Å². The van der Waals surface area contributed by atoms with Crippen LogP contribution in [0.25, 0.3) is 0 Å². The van der Waals surface area contributed by atoms with Crippen LogP contribution < -0.4 is 0 Å². The van der Waals surface area contributed by atoms with Crippen LogP contribution in [0.15, 0.2) is 30.3 Å². The molecule has 1 saturated heterocycles. The lowest BCUT2D eigenvalue weighted by atomic mass is 10.1. The second kappa shape index (κ2) is 6.71. The molecule has 1 aliphatic heterocycles. The van der Waals surface area contributed by atoms with Crippen LogP contribution in [0.2, 0.25) is 0 Å². The summed E-state index contributed by atoms with van der Waals surface area (Å²) in [4.78, 5) is 14.2. The zero-order chi connectivity index (χ0) is 13.7. The predicted octanol–water partition coefficient (Wildman–Crippen LogP) is 2.85. The highest BCUT2D eigenvalue weighted by Crippen LogP contribution is 2.21. The van der Waals surface area contributed by atoms with Gasteiger partial charge < -0.3 is 9.64 Å². The zero-order valence-corrected chi connectivity index (χ0v) is 11.8. The number of benzene rings is 1. The number of hydrogen-bond donors (Lipinski definition) is 0. The van der Waals surface area contributed by atoms with Gasteiger partial charge in [0.2, 0.25) is 0 Å². The number of hydrogen-bond acceptors (Lipinski definition) is 3. The Morgan fingerprint density at radius 2 is 2.11 bits per heavy atom. The molecule has 0 amide bonds. The molecule has 2 rings (SSSR count). The molecule has 104 valence electrons. The number of rotatable bonds is 5. The minimum atomic E-state index is -0.0699. The van der Waals surface area contributed by atoms with Crippen molar-refractivity contribution in [3.05, 3.63) is 35.9 Å². The molecule has 0 saturated carbocycles. The summed E-state index contributed by atoms with van der Waals surface area (Å²) in [5.41, 5.74) is 1.05. The number of nitrogens with zero attached hydrogens (tertiary/aromatic N) is 1. The van der Waals surface area contributed by atoms with E-state index in [0.29, 0.717) is 25.0 Å². The molecule has 19 heavy (non-hydrogen) atoms. The summed E-state index contributed by atoms with van der Waals surface area (Å²) in [7, 11) is 0. The number of carbonyl (C=O) groups is 1. The van der Waals surface area contributed by atoms with E-state index in [1.54, 1.807) is 0 Å². The summed E-state index contributed by atoms with van der Waals surface area (Å²) in [5, 5.41) is 0. The van der Waals surface area contributed by atoms with E-state index in [-0.39, 0.29) is 5.97 Å². The molecule has 0 bridgehead atoms. The Bertz CT molecular complexity index is 402. The van der Waals surface area contributed by atoms with Crippen molar-refractivity contribution >= 4 is 5.97 Å². The first-order valence-electron chi connectivity index (χ1n) is 7.08. The highest BCUT2D eigenvalue weighted by Gasteiger charge is 2.26. The van der Waals surface area contributed by atoms with Gasteiger partial charge in [0.25, 0.3) is 0 Å². The lowest BCUT2D eigenvalue weighted by Gasteiger charge is -2.20. The maximum Gasteiger partial charge on any atom is 0.306 e. The number of esters is 1. The van der Waals surface area contributed by atoms with Crippen molar-refractivity contribution in [1.82, 2.24) is 4.90 Å². The van der Waals surface area contributed by atoms with Crippen molar-refractivity contribution in [2.75, 3.05) is 13.1 Å². The molecule has 1 aliphatic rings. The standard InChI is InChI=1S/C16H23NO2/c1-13(2)17-9-8-15(11-17)10-16(18)19-12-14-6-4-3-5-7-14/h3-7,13,15H,8-12H2,1-2H3. The fourth-order valence-corrected chi connectivity index (χ4v) is 2.53. The van der Waals surface area contributed by atoms with Crippen molar-refractivity contribution < 1.29 is 9.53 Å². The van der Waals surface area contributed by atoms with E-state index >= 15 is 0 Å². The Morgan fingerprint density at radius 3 is 2.74 bits per heavy atom. The van der Waals surface area contributed by atoms with Gasteiger partial charge >= 0.3 is 5.97 Å². The minimum Gasteiger partial charge on any atom is -0.461 e. The van der Waals surface area contributed by atoms with E-state index in [0.717, 1.165) is 25.1 Å². The second-order valence-corrected chi connectivity index (χ2v) is 5.59. The van der Waals surface area contributed by atoms with E-state index in [9.17, 15) is 4.79 Å². The van der Waals surface area contributed by atoms with Gasteiger partial charge in [-0.1, -0.05) is 30.3 Å². The molecule has 0 radical (unpaired) electrons. The molecule has 0 aliphatic carbocycles.